The van der Waals surface area contributed by atoms with Crippen molar-refractivity contribution in [1.29, 1.82) is 0 Å². The number of hydrogen-bond acceptors (Lipinski definition) is 6. The lowest BCUT2D eigenvalue weighted by Crippen LogP contribution is -2.30. The van der Waals surface area contributed by atoms with Gasteiger partial charge in [-0.2, -0.15) is 4.98 Å². The maximum atomic E-state index is 5.72. The zero-order valence-electron chi connectivity index (χ0n) is 16.0. The molecule has 27 heavy (non-hydrogen) atoms. The zero-order valence-corrected chi connectivity index (χ0v) is 18.4. The molecule has 1 heterocycles. The first kappa shape index (κ1) is 23.2. The third-order valence-corrected chi connectivity index (χ3v) is 3.37. The fourth-order valence-corrected chi connectivity index (χ4v) is 2.21. The molecule has 2 aromatic rings. The van der Waals surface area contributed by atoms with Gasteiger partial charge < -0.3 is 24.6 Å². The SMILES string of the molecule is CCNC(=NCCc1nc(C)no1)Nc1cccc(OCCCOC)c1.I. The Hall–Kier alpha value is -1.88. The second kappa shape index (κ2) is 13.3. The van der Waals surface area contributed by atoms with Crippen LogP contribution in [-0.2, 0) is 11.2 Å². The number of guanidine groups is 1. The summed E-state index contributed by atoms with van der Waals surface area (Å²) in [4.78, 5) is 8.72. The molecule has 0 saturated heterocycles. The van der Waals surface area contributed by atoms with Crippen molar-refractivity contribution in [1.82, 2.24) is 15.5 Å². The molecule has 9 heteroatoms. The van der Waals surface area contributed by atoms with E-state index in [1.165, 1.54) is 0 Å². The van der Waals surface area contributed by atoms with E-state index < -0.39 is 0 Å². The highest BCUT2D eigenvalue weighted by Gasteiger charge is 2.04. The van der Waals surface area contributed by atoms with Crippen molar-refractivity contribution in [2.24, 2.45) is 4.99 Å². The first-order chi connectivity index (χ1) is 12.7. The highest BCUT2D eigenvalue weighted by molar-refractivity contribution is 14.0. The Morgan fingerprint density at radius 1 is 1.30 bits per heavy atom. The quantitative estimate of drug-likeness (QED) is 0.229. The van der Waals surface area contributed by atoms with Crippen LogP contribution in [0.4, 0.5) is 5.69 Å². The summed E-state index contributed by atoms with van der Waals surface area (Å²) in [5, 5.41) is 10.3. The lowest BCUT2D eigenvalue weighted by molar-refractivity contribution is 0.172. The Balaban J connectivity index is 0.00000364. The number of aryl methyl sites for hydroxylation is 1. The minimum Gasteiger partial charge on any atom is -0.493 e. The molecule has 0 atom stereocenters. The number of rotatable bonds is 10. The highest BCUT2D eigenvalue weighted by Crippen LogP contribution is 2.17. The molecule has 0 saturated carbocycles. The summed E-state index contributed by atoms with van der Waals surface area (Å²) in [6, 6.07) is 7.79. The van der Waals surface area contributed by atoms with E-state index in [1.807, 2.05) is 31.2 Å². The summed E-state index contributed by atoms with van der Waals surface area (Å²) in [6.45, 7) is 6.44. The summed E-state index contributed by atoms with van der Waals surface area (Å²) < 4.78 is 15.8. The fourth-order valence-electron chi connectivity index (χ4n) is 2.21. The summed E-state index contributed by atoms with van der Waals surface area (Å²) in [5.41, 5.74) is 0.905. The van der Waals surface area contributed by atoms with Crippen LogP contribution in [0, 0.1) is 6.92 Å². The number of hydrogen-bond donors (Lipinski definition) is 2. The maximum Gasteiger partial charge on any atom is 0.228 e. The van der Waals surface area contributed by atoms with Crippen molar-refractivity contribution in [3.63, 3.8) is 0 Å². The van der Waals surface area contributed by atoms with E-state index >= 15 is 0 Å². The molecule has 0 spiro atoms. The van der Waals surface area contributed by atoms with Crippen LogP contribution in [0.5, 0.6) is 5.75 Å². The molecule has 0 aliphatic carbocycles. The van der Waals surface area contributed by atoms with Crippen molar-refractivity contribution < 1.29 is 14.0 Å². The fraction of sp³-hybridized carbons (Fsp3) is 0.500. The molecule has 0 amide bonds. The smallest absolute Gasteiger partial charge is 0.228 e. The maximum absolute atomic E-state index is 5.72. The van der Waals surface area contributed by atoms with Crippen LogP contribution in [0.3, 0.4) is 0 Å². The number of aromatic nitrogens is 2. The number of nitrogens with one attached hydrogen (secondary N) is 2. The molecular weight excluding hydrogens is 461 g/mol. The third kappa shape index (κ3) is 9.05. The van der Waals surface area contributed by atoms with Crippen LogP contribution in [0.25, 0.3) is 0 Å². The highest BCUT2D eigenvalue weighted by atomic mass is 127. The Labute approximate surface area is 177 Å². The molecule has 0 aliphatic heterocycles. The third-order valence-electron chi connectivity index (χ3n) is 3.37. The molecule has 2 N–H and O–H groups in total. The van der Waals surface area contributed by atoms with Crippen LogP contribution >= 0.6 is 24.0 Å². The van der Waals surface area contributed by atoms with Crippen molar-refractivity contribution >= 4 is 35.6 Å². The molecule has 0 radical (unpaired) electrons. The Kier molecular flexibility index (Phi) is 11.4. The van der Waals surface area contributed by atoms with E-state index in [0.29, 0.717) is 43.9 Å². The summed E-state index contributed by atoms with van der Waals surface area (Å²) in [7, 11) is 1.69. The van der Waals surface area contributed by atoms with E-state index in [1.54, 1.807) is 14.0 Å². The zero-order chi connectivity index (χ0) is 18.6. The van der Waals surface area contributed by atoms with Crippen molar-refractivity contribution in [2.75, 3.05) is 38.7 Å². The van der Waals surface area contributed by atoms with E-state index in [2.05, 4.69) is 25.8 Å². The van der Waals surface area contributed by atoms with Gasteiger partial charge in [0.1, 0.15) is 5.75 Å². The number of aliphatic imine (C=N–C) groups is 1. The van der Waals surface area contributed by atoms with E-state index in [4.69, 9.17) is 14.0 Å². The first-order valence-corrected chi connectivity index (χ1v) is 8.77. The molecule has 1 aromatic carbocycles. The van der Waals surface area contributed by atoms with Crippen molar-refractivity contribution in [3.8, 4) is 5.75 Å². The number of nitrogens with zero attached hydrogens (tertiary/aromatic N) is 3. The van der Waals surface area contributed by atoms with Gasteiger partial charge in [-0.15, -0.1) is 24.0 Å². The van der Waals surface area contributed by atoms with Crippen molar-refractivity contribution in [3.05, 3.63) is 36.0 Å². The number of ether oxygens (including phenoxy) is 2. The van der Waals surface area contributed by atoms with Gasteiger partial charge in [0.2, 0.25) is 5.89 Å². The van der Waals surface area contributed by atoms with Crippen LogP contribution in [-0.4, -0.2) is 49.5 Å². The Bertz CT molecular complexity index is 693. The Morgan fingerprint density at radius 2 is 2.15 bits per heavy atom. The van der Waals surface area contributed by atoms with Gasteiger partial charge in [-0.1, -0.05) is 11.2 Å². The molecule has 0 bridgehead atoms. The topological polar surface area (TPSA) is 93.8 Å². The van der Waals surface area contributed by atoms with Crippen LogP contribution in [0.15, 0.2) is 33.8 Å². The largest absolute Gasteiger partial charge is 0.493 e. The van der Waals surface area contributed by atoms with E-state index in [0.717, 1.165) is 24.4 Å². The van der Waals surface area contributed by atoms with Gasteiger partial charge in [-0.3, -0.25) is 4.99 Å². The summed E-state index contributed by atoms with van der Waals surface area (Å²) in [5.74, 6) is 2.73. The minimum absolute atomic E-state index is 0. The predicted molar refractivity (Wildman–Crippen MR) is 116 cm³/mol. The lowest BCUT2D eigenvalue weighted by atomic mass is 10.3. The van der Waals surface area contributed by atoms with E-state index in [-0.39, 0.29) is 24.0 Å². The standard InChI is InChI=1S/C18H27N5O3.HI/c1-4-19-18(20-10-9-17-21-14(2)23-26-17)22-15-7-5-8-16(13-15)25-12-6-11-24-3;/h5,7-8,13H,4,6,9-12H2,1-3H3,(H2,19,20,22);1H. The van der Waals surface area contributed by atoms with Gasteiger partial charge in [0.25, 0.3) is 0 Å². The van der Waals surface area contributed by atoms with Gasteiger partial charge in [0.05, 0.1) is 13.2 Å². The first-order valence-electron chi connectivity index (χ1n) is 8.77. The minimum atomic E-state index is 0. The average Bonchev–Trinajstić information content (AvgIpc) is 3.04. The molecule has 8 nitrogen and oxygen atoms in total. The summed E-state index contributed by atoms with van der Waals surface area (Å²) >= 11 is 0. The monoisotopic (exact) mass is 489 g/mol. The Morgan fingerprint density at radius 3 is 2.85 bits per heavy atom. The van der Waals surface area contributed by atoms with Crippen LogP contribution < -0.4 is 15.4 Å². The average molecular weight is 489 g/mol. The normalized spacial score (nSPS) is 11.0. The second-order valence-electron chi connectivity index (χ2n) is 5.59. The molecule has 150 valence electrons. The van der Waals surface area contributed by atoms with Crippen molar-refractivity contribution in [2.45, 2.75) is 26.7 Å². The summed E-state index contributed by atoms with van der Waals surface area (Å²) in [6.07, 6.45) is 1.45. The number of benzene rings is 1. The van der Waals surface area contributed by atoms with Gasteiger partial charge in [-0.25, -0.2) is 0 Å². The molecule has 1 aromatic heterocycles. The van der Waals surface area contributed by atoms with Crippen LogP contribution in [0.2, 0.25) is 0 Å². The lowest BCUT2D eigenvalue weighted by Gasteiger charge is -2.12. The predicted octanol–water partition coefficient (Wildman–Crippen LogP) is 3.03. The van der Waals surface area contributed by atoms with Gasteiger partial charge in [0.15, 0.2) is 11.8 Å². The number of anilines is 1. The van der Waals surface area contributed by atoms with Gasteiger partial charge in [0, 0.05) is 44.9 Å². The molecule has 0 fully saturated rings. The second-order valence-corrected chi connectivity index (χ2v) is 5.59. The molecule has 2 rings (SSSR count). The number of methoxy groups -OCH3 is 1. The van der Waals surface area contributed by atoms with Gasteiger partial charge >= 0.3 is 0 Å². The molecule has 0 unspecified atom stereocenters. The molecule has 0 aliphatic rings. The van der Waals surface area contributed by atoms with E-state index in [9.17, 15) is 0 Å². The molecular formula is C18H28IN5O3. The van der Waals surface area contributed by atoms with Gasteiger partial charge in [-0.05, 0) is 26.0 Å². The number of halogens is 1. The van der Waals surface area contributed by atoms with Crippen LogP contribution in [0.1, 0.15) is 25.1 Å².